The zero-order chi connectivity index (χ0) is 80.6. The van der Waals surface area contributed by atoms with E-state index in [1.165, 1.54) is 0 Å². The van der Waals surface area contributed by atoms with Crippen molar-refractivity contribution in [3.63, 3.8) is 0 Å². The van der Waals surface area contributed by atoms with E-state index < -0.39 is 70.4 Å². The molecule has 0 N–H and O–H groups in total. The Balaban J connectivity index is 1.02. The van der Waals surface area contributed by atoms with Crippen molar-refractivity contribution in [1.29, 1.82) is 0 Å². The molecule has 6 saturated heterocycles. The smallest absolute Gasteiger partial charge is 0.373 e. The summed E-state index contributed by atoms with van der Waals surface area (Å²) in [5.74, 6) is 0. The van der Waals surface area contributed by atoms with Crippen LogP contribution in [0.25, 0.3) is 0 Å². The van der Waals surface area contributed by atoms with E-state index in [0.717, 1.165) is 155 Å². The Morgan fingerprint density at radius 2 is 0.284 bits per heavy atom. The molecule has 116 heavy (non-hydrogen) atoms. The molecule has 6 aliphatic heterocycles. The molecule has 36 heteroatoms. The molecule has 14 heterocycles. The molecule has 14 rings (SSSR count). The third kappa shape index (κ3) is 24.6. The summed E-state index contributed by atoms with van der Waals surface area (Å²) in [5.41, 5.74) is 0. The molecular weight excluding hydrogens is 1600 g/mol. The standard InChI is InChI=1S/C80H144N16O12Si8/c1-9-17-33-81-49-57-89(73-81)41-25-65-109-97-110(66-26-42-90-58-50-82(74-90)34-18-10-2)100-113(69-29-45-93-61-53-85(77-93)37-21-13-5)102-111(98-109,67-27-43-91-59-51-83(75-91)35-19-11-3)104-115(71-31-47-95-63-55-87(79-95)39-23-15-7)105-112(99-109,68-28-44-92-60-52-84(76-92)36-20-12-4)103-114(101-110,70-30-46-94-62-54-86(78-94)38-22-14-6)107-116(106-113,108-115)72-32-48-96-64-56-88(80-96)40-24-16-8/h49-64,73-80H,9-48,65-72H2,1-8H3/q+8. The van der Waals surface area contributed by atoms with E-state index in [4.69, 9.17) is 49.4 Å². The average molecular weight is 1750 g/mol. The number of hydrogen-bond acceptors (Lipinski definition) is 12. The minimum absolute atomic E-state index is 0.378. The van der Waals surface area contributed by atoms with Gasteiger partial charge in [-0.05, 0) is 103 Å². The normalized spacial score (nSPS) is 25.0. The van der Waals surface area contributed by atoms with E-state index in [0.29, 0.717) is 152 Å². The van der Waals surface area contributed by atoms with Gasteiger partial charge in [0, 0.05) is 48.4 Å². The third-order valence-electron chi connectivity index (χ3n) is 23.1. The SMILES string of the molecule is CCCCn1cc[n+](CCC[Si]23O[Si]4(CCC[n+]5ccn(CCCC)c5)O[Si]5(CCC[n+]6ccn(CCCC)c6)O[Si](CCC[n+]6ccn(CCCC)c6)(O2)O[Si]2(CCC[n+]6ccn(CCCC)c6)O[Si](CCC[n+]6ccn(CCCC)c6)(O3)O[Si](CCC[n+]3ccn(CCCC)c3)(O4)O[Si](CCC[n+]3ccn(CCCC)c3)(O5)O2)c1. The maximum Gasteiger partial charge on any atom is 0.479 e. The van der Waals surface area contributed by atoms with Crippen LogP contribution >= 0.6 is 0 Å². The van der Waals surface area contributed by atoms with Crippen LogP contribution in [0.1, 0.15) is 209 Å². The number of aryl methyl sites for hydroxylation is 16. The van der Waals surface area contributed by atoms with Crippen LogP contribution in [0.5, 0.6) is 0 Å². The average Bonchev–Trinajstić information content (AvgIpc) is 1.58. The summed E-state index contributed by atoms with van der Waals surface area (Å²) in [6, 6.07) is 3.03. The lowest BCUT2D eigenvalue weighted by Gasteiger charge is -2.63. The van der Waals surface area contributed by atoms with Crippen molar-refractivity contribution in [2.24, 2.45) is 0 Å². The summed E-state index contributed by atoms with van der Waals surface area (Å²) in [6.45, 7) is 31.0. The maximum absolute atomic E-state index is 8.71. The summed E-state index contributed by atoms with van der Waals surface area (Å²) in [4.78, 5) is 0. The second-order valence-electron chi connectivity index (χ2n) is 33.5. The monoisotopic (exact) mass is 1740 g/mol. The van der Waals surface area contributed by atoms with E-state index in [2.05, 4.69) is 278 Å². The van der Waals surface area contributed by atoms with Gasteiger partial charge in [0.05, 0.1) is 105 Å². The number of unbranched alkanes of at least 4 members (excludes halogenated alkanes) is 8. The lowest BCUT2D eigenvalue weighted by Crippen LogP contribution is -2.88. The molecule has 0 aromatic carbocycles. The quantitative estimate of drug-likeness (QED) is 0.0260. The van der Waals surface area contributed by atoms with E-state index >= 15 is 0 Å². The molecule has 8 aromatic heterocycles. The first-order chi connectivity index (χ1) is 56.6. The highest BCUT2D eigenvalue weighted by atomic mass is 28.6. The first kappa shape index (κ1) is 88.7. The first-order valence-corrected chi connectivity index (χ1v) is 60.8. The van der Waals surface area contributed by atoms with Crippen molar-refractivity contribution in [1.82, 2.24) is 36.5 Å². The van der Waals surface area contributed by atoms with Gasteiger partial charge in [0.25, 0.3) is 0 Å². The van der Waals surface area contributed by atoms with Gasteiger partial charge in [-0.15, -0.1) is 0 Å². The number of aromatic nitrogens is 16. The van der Waals surface area contributed by atoms with Gasteiger partial charge in [-0.2, -0.15) is 0 Å². The second-order valence-corrected chi connectivity index (χ2v) is 58.2. The molecule has 0 atom stereocenters. The van der Waals surface area contributed by atoms with Gasteiger partial charge in [-0.1, -0.05) is 107 Å². The highest BCUT2D eigenvalue weighted by molar-refractivity contribution is 7.03. The van der Waals surface area contributed by atoms with E-state index in [1.807, 2.05) is 0 Å². The molecule has 6 aliphatic rings. The topological polar surface area (TPSA) is 181 Å². The minimum Gasteiger partial charge on any atom is -0.373 e. The van der Waals surface area contributed by atoms with Gasteiger partial charge in [-0.3, -0.25) is 0 Å². The number of hydrogen-bond donors (Lipinski definition) is 0. The molecule has 8 bridgehead atoms. The number of imidazole rings is 8. The van der Waals surface area contributed by atoms with Gasteiger partial charge in [0.2, 0.25) is 50.6 Å². The molecular formula is C80H144N16O12Si8+8. The van der Waals surface area contributed by atoms with Crippen molar-refractivity contribution >= 4 is 70.4 Å². The van der Waals surface area contributed by atoms with Crippen LogP contribution in [0, 0.1) is 0 Å². The zero-order valence-electron chi connectivity index (χ0n) is 71.9. The Kier molecular flexibility index (Phi) is 32.6. The Bertz CT molecular complexity index is 3370. The number of nitrogens with zero attached hydrogens (tertiary/aromatic N) is 16. The molecule has 6 fully saturated rings. The van der Waals surface area contributed by atoms with Crippen LogP contribution in [0.15, 0.2) is 150 Å². The molecule has 0 aliphatic carbocycles. The van der Waals surface area contributed by atoms with E-state index in [1.54, 1.807) is 0 Å². The first-order valence-electron chi connectivity index (χ1n) is 45.4. The van der Waals surface area contributed by atoms with Crippen molar-refractivity contribution in [2.75, 3.05) is 0 Å². The highest BCUT2D eigenvalue weighted by Gasteiger charge is 2.83. The van der Waals surface area contributed by atoms with Crippen LogP contribution in [0.4, 0.5) is 0 Å². The van der Waals surface area contributed by atoms with Crippen LogP contribution < -0.4 is 36.5 Å². The lowest BCUT2D eigenvalue weighted by molar-refractivity contribution is -0.696. The molecule has 0 radical (unpaired) electrons. The molecule has 28 nitrogen and oxygen atoms in total. The van der Waals surface area contributed by atoms with E-state index in [-0.39, 0.29) is 0 Å². The molecule has 640 valence electrons. The van der Waals surface area contributed by atoms with Crippen LogP contribution in [-0.2, 0) is 154 Å². The van der Waals surface area contributed by atoms with Crippen molar-refractivity contribution in [2.45, 2.75) is 363 Å². The summed E-state index contributed by atoms with van der Waals surface area (Å²) < 4.78 is 141. The minimum atomic E-state index is -4.45. The largest absolute Gasteiger partial charge is 0.479 e. The summed E-state index contributed by atoms with van der Waals surface area (Å²) >= 11 is 0. The molecule has 0 saturated carbocycles. The van der Waals surface area contributed by atoms with Gasteiger partial charge in [0.1, 0.15) is 99.1 Å². The summed E-state index contributed by atoms with van der Waals surface area (Å²) in [6.07, 6.45) is 75.8. The van der Waals surface area contributed by atoms with Crippen molar-refractivity contribution in [3.8, 4) is 0 Å². The Morgan fingerprint density at radius 3 is 0.388 bits per heavy atom. The highest BCUT2D eigenvalue weighted by Crippen LogP contribution is 2.55. The maximum atomic E-state index is 8.71. The fourth-order valence-electron chi connectivity index (χ4n) is 16.7. The lowest BCUT2D eigenvalue weighted by atomic mass is 10.3. The molecule has 0 unspecified atom stereocenters. The molecule has 0 amide bonds. The second kappa shape index (κ2) is 42.6. The molecule has 8 aromatic rings. The number of rotatable bonds is 56. The predicted octanol–water partition coefficient (Wildman–Crippen LogP) is 11.6. The van der Waals surface area contributed by atoms with Crippen LogP contribution in [0.2, 0.25) is 48.4 Å². The van der Waals surface area contributed by atoms with Gasteiger partial charge >= 0.3 is 70.4 Å². The Morgan fingerprint density at radius 1 is 0.172 bits per heavy atom. The Hall–Kier alpha value is -5.06. The Labute approximate surface area is 700 Å². The fraction of sp³-hybridized carbons (Fsp3) is 0.700. The summed E-state index contributed by atoms with van der Waals surface area (Å²) in [7, 11) is -35.6. The summed E-state index contributed by atoms with van der Waals surface area (Å²) in [5, 5.41) is 0. The zero-order valence-corrected chi connectivity index (χ0v) is 79.9. The molecule has 0 spiro atoms. The fourth-order valence-corrected chi connectivity index (χ4v) is 67.0. The third-order valence-corrected chi connectivity index (χ3v) is 60.6. The van der Waals surface area contributed by atoms with Crippen molar-refractivity contribution < 1.29 is 85.9 Å². The van der Waals surface area contributed by atoms with Crippen molar-refractivity contribution in [3.05, 3.63) is 150 Å². The van der Waals surface area contributed by atoms with Gasteiger partial charge in [0.15, 0.2) is 0 Å². The van der Waals surface area contributed by atoms with Crippen LogP contribution in [0.3, 0.4) is 0 Å². The van der Waals surface area contributed by atoms with Gasteiger partial charge in [-0.25, -0.2) is 73.1 Å². The van der Waals surface area contributed by atoms with E-state index in [9.17, 15) is 0 Å². The van der Waals surface area contributed by atoms with Gasteiger partial charge < -0.3 is 49.4 Å². The predicted molar refractivity (Wildman–Crippen MR) is 451 cm³/mol. The van der Waals surface area contributed by atoms with Crippen LogP contribution in [-0.4, -0.2) is 107 Å².